The van der Waals surface area contributed by atoms with E-state index in [1.807, 2.05) is 37.2 Å². The van der Waals surface area contributed by atoms with Crippen LogP contribution in [0.5, 0.6) is 0 Å². The molecule has 0 aliphatic carbocycles. The van der Waals surface area contributed by atoms with Crippen LogP contribution in [0.25, 0.3) is 16.7 Å². The third-order valence-corrected chi connectivity index (χ3v) is 6.22. The summed E-state index contributed by atoms with van der Waals surface area (Å²) in [7, 11) is 3.68. The van der Waals surface area contributed by atoms with E-state index < -0.39 is 0 Å². The minimum Gasteiger partial charge on any atom is -0.375 e. The van der Waals surface area contributed by atoms with Crippen molar-refractivity contribution in [2.75, 3.05) is 30.8 Å². The highest BCUT2D eigenvalue weighted by atomic mass is 16.5. The van der Waals surface area contributed by atoms with Gasteiger partial charge in [0.05, 0.1) is 36.7 Å². The zero-order valence-electron chi connectivity index (χ0n) is 17.9. The Morgan fingerprint density at radius 3 is 3.06 bits per heavy atom. The lowest BCUT2D eigenvalue weighted by Gasteiger charge is -2.24. The predicted octanol–water partition coefficient (Wildman–Crippen LogP) is 1.93. The second-order valence-corrected chi connectivity index (χ2v) is 8.23. The number of aromatic nitrogens is 6. The summed E-state index contributed by atoms with van der Waals surface area (Å²) in [5.41, 5.74) is 4.39. The molecule has 2 aliphatic rings. The molecule has 1 saturated heterocycles. The monoisotopic (exact) mass is 433 g/mol. The lowest BCUT2D eigenvalue weighted by Crippen LogP contribution is -2.38. The number of anilines is 3. The summed E-state index contributed by atoms with van der Waals surface area (Å²) in [5, 5.41) is 19.4. The Balaban J connectivity index is 1.57. The molecule has 1 aromatic carbocycles. The highest BCUT2D eigenvalue weighted by molar-refractivity contribution is 6.00. The Bertz CT molecular complexity index is 1360. The molecule has 4 bridgehead atoms. The molecule has 2 aliphatic heterocycles. The molecule has 164 valence electrons. The largest absolute Gasteiger partial charge is 0.375 e. The predicted molar refractivity (Wildman–Crippen MR) is 118 cm³/mol. The second kappa shape index (κ2) is 7.16. The van der Waals surface area contributed by atoms with Gasteiger partial charge in [-0.3, -0.25) is 4.79 Å². The van der Waals surface area contributed by atoms with Gasteiger partial charge >= 0.3 is 0 Å². The molecular formula is C21H23N9O2. The molecule has 2 N–H and O–H groups in total. The second-order valence-electron chi connectivity index (χ2n) is 8.23. The molecule has 11 heteroatoms. The van der Waals surface area contributed by atoms with Gasteiger partial charge < -0.3 is 20.3 Å². The average Bonchev–Trinajstić information content (AvgIpc) is 3.51. The van der Waals surface area contributed by atoms with Gasteiger partial charge in [-0.05, 0) is 30.5 Å². The number of hydrogen-bond acceptors (Lipinski definition) is 8. The number of nitrogens with zero attached hydrogens (tertiary/aromatic N) is 7. The van der Waals surface area contributed by atoms with E-state index in [1.165, 1.54) is 0 Å². The van der Waals surface area contributed by atoms with Crippen molar-refractivity contribution in [2.24, 2.45) is 7.05 Å². The van der Waals surface area contributed by atoms with E-state index in [-0.39, 0.29) is 11.9 Å². The third kappa shape index (κ3) is 2.88. The van der Waals surface area contributed by atoms with Crippen molar-refractivity contribution >= 4 is 39.9 Å². The lowest BCUT2D eigenvalue weighted by atomic mass is 10.1. The number of carbonyl (C=O) groups is 1. The normalized spacial score (nSPS) is 18.8. The van der Waals surface area contributed by atoms with E-state index in [4.69, 9.17) is 9.72 Å². The summed E-state index contributed by atoms with van der Waals surface area (Å²) in [6, 6.07) is 5.94. The molecule has 32 heavy (non-hydrogen) atoms. The Kier molecular flexibility index (Phi) is 4.25. The maximum atomic E-state index is 13.4. The SMILES string of the molecule is CNc1cc2nc3c(cnn13)C(=O)N1CCC[C@H]1COCc1cc(c3nnn(C)c3c1)N2. The Labute approximate surface area is 183 Å². The fourth-order valence-corrected chi connectivity index (χ4v) is 4.61. The van der Waals surface area contributed by atoms with Crippen molar-refractivity contribution in [3.05, 3.63) is 35.5 Å². The van der Waals surface area contributed by atoms with Crippen LogP contribution >= 0.6 is 0 Å². The molecule has 3 aromatic heterocycles. The van der Waals surface area contributed by atoms with Gasteiger partial charge in [0.25, 0.3) is 5.91 Å². The molecule has 0 unspecified atom stereocenters. The molecule has 5 heterocycles. The summed E-state index contributed by atoms with van der Waals surface area (Å²) >= 11 is 0. The average molecular weight is 433 g/mol. The van der Waals surface area contributed by atoms with Crippen LogP contribution in [-0.4, -0.2) is 66.6 Å². The number of carbonyl (C=O) groups excluding carboxylic acids is 1. The van der Waals surface area contributed by atoms with Crippen molar-refractivity contribution < 1.29 is 9.53 Å². The van der Waals surface area contributed by atoms with E-state index in [1.54, 1.807) is 15.4 Å². The number of hydrogen-bond donors (Lipinski definition) is 2. The number of aryl methyl sites for hydroxylation is 1. The van der Waals surface area contributed by atoms with Crippen molar-refractivity contribution in [2.45, 2.75) is 25.5 Å². The van der Waals surface area contributed by atoms with Crippen LogP contribution < -0.4 is 10.6 Å². The smallest absolute Gasteiger partial charge is 0.259 e. The van der Waals surface area contributed by atoms with Gasteiger partial charge in [0.1, 0.15) is 22.7 Å². The third-order valence-electron chi connectivity index (χ3n) is 6.22. The standard InChI is InChI=1S/C21H23N9O2/c1-22-18-8-17-24-15-6-12(7-16-19(15)26-27-28(16)2)10-32-11-13-4-3-5-29(13)21(31)14-9-23-30(18)20(14)25-17/h6-9,13,22H,3-5,10-11H2,1-2H3,(H,24,25)/t13-/m0/s1. The molecule has 6 rings (SSSR count). The summed E-state index contributed by atoms with van der Waals surface area (Å²) in [5.74, 6) is 1.23. The molecule has 0 saturated carbocycles. The minimum absolute atomic E-state index is 0.0343. The van der Waals surface area contributed by atoms with Crippen LogP contribution in [0.1, 0.15) is 28.8 Å². The number of benzene rings is 1. The number of fused-ring (bicyclic) bond motifs is 6. The van der Waals surface area contributed by atoms with Gasteiger partial charge in [-0.15, -0.1) is 5.10 Å². The topological polar surface area (TPSA) is 114 Å². The molecule has 0 spiro atoms. The Morgan fingerprint density at radius 1 is 1.28 bits per heavy atom. The summed E-state index contributed by atoms with van der Waals surface area (Å²) in [6.45, 7) is 1.62. The quantitative estimate of drug-likeness (QED) is 0.468. The van der Waals surface area contributed by atoms with E-state index in [0.717, 1.165) is 40.9 Å². The van der Waals surface area contributed by atoms with Gasteiger partial charge in [0.15, 0.2) is 5.65 Å². The first-order valence-electron chi connectivity index (χ1n) is 10.7. The van der Waals surface area contributed by atoms with Crippen LogP contribution in [0.2, 0.25) is 0 Å². The van der Waals surface area contributed by atoms with Crippen LogP contribution in [0.4, 0.5) is 17.3 Å². The first kappa shape index (κ1) is 19.0. The van der Waals surface area contributed by atoms with E-state index in [0.29, 0.717) is 36.8 Å². The van der Waals surface area contributed by atoms with Crippen LogP contribution in [0, 0.1) is 0 Å². The van der Waals surface area contributed by atoms with Gasteiger partial charge in [-0.25, -0.2) is 9.67 Å². The van der Waals surface area contributed by atoms with Gasteiger partial charge in [-0.1, -0.05) is 5.21 Å². The van der Waals surface area contributed by atoms with E-state index in [9.17, 15) is 4.79 Å². The Morgan fingerprint density at radius 2 is 2.19 bits per heavy atom. The number of nitrogens with one attached hydrogen (secondary N) is 2. The number of amides is 1. The maximum absolute atomic E-state index is 13.4. The Hall–Kier alpha value is -3.73. The lowest BCUT2D eigenvalue weighted by molar-refractivity contribution is 0.0499. The summed E-state index contributed by atoms with van der Waals surface area (Å²) < 4.78 is 9.47. The van der Waals surface area contributed by atoms with Crippen LogP contribution in [0.3, 0.4) is 0 Å². The van der Waals surface area contributed by atoms with Gasteiger partial charge in [0, 0.05) is 26.7 Å². The van der Waals surface area contributed by atoms with Crippen molar-refractivity contribution in [3.8, 4) is 0 Å². The van der Waals surface area contributed by atoms with Crippen molar-refractivity contribution in [1.82, 2.24) is 34.5 Å². The molecular weight excluding hydrogens is 410 g/mol. The van der Waals surface area contributed by atoms with Crippen LogP contribution in [0.15, 0.2) is 24.4 Å². The highest BCUT2D eigenvalue weighted by Crippen LogP contribution is 2.30. The zero-order chi connectivity index (χ0) is 21.8. The molecule has 11 nitrogen and oxygen atoms in total. The molecule has 1 atom stereocenters. The fourth-order valence-electron chi connectivity index (χ4n) is 4.61. The summed E-state index contributed by atoms with van der Waals surface area (Å²) in [6.07, 6.45) is 3.47. The number of rotatable bonds is 1. The highest BCUT2D eigenvalue weighted by Gasteiger charge is 2.32. The van der Waals surface area contributed by atoms with Crippen LogP contribution in [-0.2, 0) is 18.4 Å². The van der Waals surface area contributed by atoms with Crippen molar-refractivity contribution in [1.29, 1.82) is 0 Å². The molecule has 4 aromatic rings. The summed E-state index contributed by atoms with van der Waals surface area (Å²) in [4.78, 5) is 20.1. The minimum atomic E-state index is -0.0651. The first-order chi connectivity index (χ1) is 15.6. The maximum Gasteiger partial charge on any atom is 0.259 e. The number of ether oxygens (including phenoxy) is 1. The molecule has 0 radical (unpaired) electrons. The molecule has 1 fully saturated rings. The zero-order valence-corrected chi connectivity index (χ0v) is 17.9. The first-order valence-corrected chi connectivity index (χ1v) is 10.7. The van der Waals surface area contributed by atoms with Gasteiger partial charge in [-0.2, -0.15) is 9.61 Å². The molecule has 1 amide bonds. The van der Waals surface area contributed by atoms with E-state index >= 15 is 0 Å². The van der Waals surface area contributed by atoms with E-state index in [2.05, 4.69) is 26.0 Å². The van der Waals surface area contributed by atoms with Crippen molar-refractivity contribution in [3.63, 3.8) is 0 Å². The van der Waals surface area contributed by atoms with Gasteiger partial charge in [0.2, 0.25) is 0 Å². The fraction of sp³-hybridized carbons (Fsp3) is 0.381.